The van der Waals surface area contributed by atoms with Gasteiger partial charge in [-0.1, -0.05) is 0 Å². The molecule has 1 aromatic carbocycles. The van der Waals surface area contributed by atoms with Crippen LogP contribution in [0.5, 0.6) is 11.5 Å². The molecule has 2 N–H and O–H groups in total. The van der Waals surface area contributed by atoms with Crippen molar-refractivity contribution in [3.63, 3.8) is 0 Å². The van der Waals surface area contributed by atoms with Crippen LogP contribution in [0, 0.1) is 0 Å². The second-order valence-electron chi connectivity index (χ2n) is 4.87. The molecule has 0 saturated carbocycles. The van der Waals surface area contributed by atoms with Crippen LogP contribution in [-0.2, 0) is 9.59 Å². The molecule has 114 valence electrons. The highest BCUT2D eigenvalue weighted by atomic mass is 16.5. The molecule has 1 heterocycles. The van der Waals surface area contributed by atoms with Crippen molar-refractivity contribution in [2.75, 3.05) is 20.3 Å². The predicted octanol–water partition coefficient (Wildman–Crippen LogP) is 0.859. The first kappa shape index (κ1) is 15.2. The molecule has 1 aliphatic rings. The molecule has 0 radical (unpaired) electrons. The standard InChI is InChI=1S/C15H20N2O4/c1-20-11-5-7-12(8-6-11)21-10-14(18)17-13-4-2-3-9-16-15(13)19/h5-8,13H,2-4,9-10H2,1H3,(H,16,19)(H,17,18)/t13-/m1/s1. The molecule has 0 bridgehead atoms. The van der Waals surface area contributed by atoms with E-state index in [0.717, 1.165) is 18.6 Å². The van der Waals surface area contributed by atoms with E-state index in [9.17, 15) is 9.59 Å². The average molecular weight is 292 g/mol. The third-order valence-electron chi connectivity index (χ3n) is 3.30. The number of carbonyl (C=O) groups is 2. The number of rotatable bonds is 5. The van der Waals surface area contributed by atoms with Gasteiger partial charge in [0.25, 0.3) is 5.91 Å². The Bertz CT molecular complexity index is 487. The topological polar surface area (TPSA) is 76.7 Å². The molecule has 2 amide bonds. The first-order valence-corrected chi connectivity index (χ1v) is 7.03. The van der Waals surface area contributed by atoms with E-state index in [1.54, 1.807) is 31.4 Å². The number of carbonyl (C=O) groups excluding carboxylic acids is 2. The van der Waals surface area contributed by atoms with Crippen molar-refractivity contribution >= 4 is 11.8 Å². The zero-order valence-corrected chi connectivity index (χ0v) is 12.1. The van der Waals surface area contributed by atoms with Gasteiger partial charge in [0.05, 0.1) is 7.11 Å². The summed E-state index contributed by atoms with van der Waals surface area (Å²) in [6.07, 6.45) is 2.53. The molecule has 1 atom stereocenters. The van der Waals surface area contributed by atoms with Crippen molar-refractivity contribution in [1.29, 1.82) is 0 Å². The Balaban J connectivity index is 1.79. The molecule has 6 heteroatoms. The third-order valence-corrected chi connectivity index (χ3v) is 3.30. The number of methoxy groups -OCH3 is 1. The fourth-order valence-corrected chi connectivity index (χ4v) is 2.13. The molecule has 0 unspecified atom stereocenters. The highest BCUT2D eigenvalue weighted by Crippen LogP contribution is 2.16. The molecule has 21 heavy (non-hydrogen) atoms. The number of hydrogen-bond acceptors (Lipinski definition) is 4. The summed E-state index contributed by atoms with van der Waals surface area (Å²) in [7, 11) is 1.58. The van der Waals surface area contributed by atoms with Gasteiger partial charge in [0.2, 0.25) is 5.91 Å². The zero-order valence-electron chi connectivity index (χ0n) is 12.1. The lowest BCUT2D eigenvalue weighted by Gasteiger charge is -2.15. The molecule has 1 aliphatic heterocycles. The van der Waals surface area contributed by atoms with Gasteiger partial charge in [-0.05, 0) is 43.5 Å². The molecule has 6 nitrogen and oxygen atoms in total. The van der Waals surface area contributed by atoms with Crippen LogP contribution < -0.4 is 20.1 Å². The lowest BCUT2D eigenvalue weighted by atomic mass is 10.1. The highest BCUT2D eigenvalue weighted by Gasteiger charge is 2.22. The number of nitrogens with one attached hydrogen (secondary N) is 2. The molecule has 2 rings (SSSR count). The Morgan fingerprint density at radius 3 is 2.71 bits per heavy atom. The second kappa shape index (κ2) is 7.52. The molecule has 1 fully saturated rings. The van der Waals surface area contributed by atoms with Gasteiger partial charge < -0.3 is 20.1 Å². The fourth-order valence-electron chi connectivity index (χ4n) is 2.13. The van der Waals surface area contributed by atoms with Crippen LogP contribution in [0.1, 0.15) is 19.3 Å². The van der Waals surface area contributed by atoms with Crippen LogP contribution in [0.15, 0.2) is 24.3 Å². The van der Waals surface area contributed by atoms with Gasteiger partial charge >= 0.3 is 0 Å². The highest BCUT2D eigenvalue weighted by molar-refractivity contribution is 5.88. The predicted molar refractivity (Wildman–Crippen MR) is 77.3 cm³/mol. The van der Waals surface area contributed by atoms with Gasteiger partial charge in [0.15, 0.2) is 6.61 Å². The SMILES string of the molecule is COc1ccc(OCC(=O)N[C@@H]2CCCCNC2=O)cc1. The van der Waals surface area contributed by atoms with Crippen LogP contribution in [-0.4, -0.2) is 38.1 Å². The summed E-state index contributed by atoms with van der Waals surface area (Å²) in [6.45, 7) is 0.559. The number of hydrogen-bond donors (Lipinski definition) is 2. The van der Waals surface area contributed by atoms with Gasteiger partial charge in [-0.2, -0.15) is 0 Å². The number of benzene rings is 1. The smallest absolute Gasteiger partial charge is 0.258 e. The molecule has 0 aromatic heterocycles. The van der Waals surface area contributed by atoms with Gasteiger partial charge in [-0.25, -0.2) is 0 Å². The van der Waals surface area contributed by atoms with E-state index in [2.05, 4.69) is 10.6 Å². The van der Waals surface area contributed by atoms with E-state index < -0.39 is 6.04 Å². The first-order valence-electron chi connectivity index (χ1n) is 7.03. The number of amides is 2. The Hall–Kier alpha value is -2.24. The maximum atomic E-state index is 11.8. The maximum absolute atomic E-state index is 11.8. The van der Waals surface area contributed by atoms with Gasteiger partial charge in [0.1, 0.15) is 17.5 Å². The van der Waals surface area contributed by atoms with E-state index in [4.69, 9.17) is 9.47 Å². The van der Waals surface area contributed by atoms with Crippen LogP contribution >= 0.6 is 0 Å². The summed E-state index contributed by atoms with van der Waals surface area (Å²) in [5, 5.41) is 5.48. The summed E-state index contributed by atoms with van der Waals surface area (Å²) in [4.78, 5) is 23.5. The minimum Gasteiger partial charge on any atom is -0.497 e. The van der Waals surface area contributed by atoms with Crippen LogP contribution in [0.4, 0.5) is 0 Å². The van der Waals surface area contributed by atoms with Crippen molar-refractivity contribution < 1.29 is 19.1 Å². The Labute approximate surface area is 123 Å². The lowest BCUT2D eigenvalue weighted by Crippen LogP contribution is -2.46. The van der Waals surface area contributed by atoms with E-state index in [0.29, 0.717) is 18.7 Å². The van der Waals surface area contributed by atoms with E-state index in [1.165, 1.54) is 0 Å². The molecule has 0 aliphatic carbocycles. The summed E-state index contributed by atoms with van der Waals surface area (Å²) in [5.41, 5.74) is 0. The summed E-state index contributed by atoms with van der Waals surface area (Å²) >= 11 is 0. The molecule has 1 saturated heterocycles. The Kier molecular flexibility index (Phi) is 5.43. The van der Waals surface area contributed by atoms with Crippen LogP contribution in [0.3, 0.4) is 0 Å². The second-order valence-corrected chi connectivity index (χ2v) is 4.87. The largest absolute Gasteiger partial charge is 0.497 e. The monoisotopic (exact) mass is 292 g/mol. The van der Waals surface area contributed by atoms with Crippen molar-refractivity contribution in [3.05, 3.63) is 24.3 Å². The molecular formula is C15H20N2O4. The van der Waals surface area contributed by atoms with Crippen molar-refractivity contribution in [3.8, 4) is 11.5 Å². The first-order chi connectivity index (χ1) is 10.2. The Morgan fingerprint density at radius 1 is 1.29 bits per heavy atom. The van der Waals surface area contributed by atoms with Crippen molar-refractivity contribution in [2.24, 2.45) is 0 Å². The minimum absolute atomic E-state index is 0.115. The lowest BCUT2D eigenvalue weighted by molar-refractivity contribution is -0.129. The van der Waals surface area contributed by atoms with Crippen LogP contribution in [0.25, 0.3) is 0 Å². The fraction of sp³-hybridized carbons (Fsp3) is 0.467. The van der Waals surface area contributed by atoms with Gasteiger partial charge in [0, 0.05) is 6.54 Å². The summed E-state index contributed by atoms with van der Waals surface area (Å²) < 4.78 is 10.4. The quantitative estimate of drug-likeness (QED) is 0.844. The summed E-state index contributed by atoms with van der Waals surface area (Å²) in [5.74, 6) is 0.886. The van der Waals surface area contributed by atoms with E-state index >= 15 is 0 Å². The minimum atomic E-state index is -0.459. The third kappa shape index (κ3) is 4.66. The Morgan fingerprint density at radius 2 is 2.00 bits per heavy atom. The molecule has 0 spiro atoms. The molecule has 1 aromatic rings. The number of ether oxygens (including phenoxy) is 2. The molecular weight excluding hydrogens is 272 g/mol. The average Bonchev–Trinajstić information content (AvgIpc) is 2.71. The van der Waals surface area contributed by atoms with E-state index in [-0.39, 0.29) is 18.4 Å². The van der Waals surface area contributed by atoms with Crippen molar-refractivity contribution in [2.45, 2.75) is 25.3 Å². The van der Waals surface area contributed by atoms with Crippen LogP contribution in [0.2, 0.25) is 0 Å². The van der Waals surface area contributed by atoms with Crippen molar-refractivity contribution in [1.82, 2.24) is 10.6 Å². The van der Waals surface area contributed by atoms with E-state index in [1.807, 2.05) is 0 Å². The normalized spacial score (nSPS) is 18.3. The van der Waals surface area contributed by atoms with Gasteiger partial charge in [-0.3, -0.25) is 9.59 Å². The zero-order chi connectivity index (χ0) is 15.1. The van der Waals surface area contributed by atoms with Gasteiger partial charge in [-0.15, -0.1) is 0 Å². The maximum Gasteiger partial charge on any atom is 0.258 e. The summed E-state index contributed by atoms with van der Waals surface area (Å²) in [6, 6.07) is 6.51.